The second-order valence-electron chi connectivity index (χ2n) is 13.8. The fourth-order valence-electron chi connectivity index (χ4n) is 7.61. The van der Waals surface area contributed by atoms with E-state index in [9.17, 15) is 9.59 Å². The zero-order valence-corrected chi connectivity index (χ0v) is 31.3. The van der Waals surface area contributed by atoms with Gasteiger partial charge < -0.3 is 48.9 Å². The number of ether oxygens (including phenoxy) is 6. The standard InChI is InChI=1S/C43H44N4O8/c1-50-32-10-6-26(7-11-32)28-16-30-22-44-36-20-40(38(52-3)18-34(36)42(48)46(30)24-28)54-14-5-15-55-41-21-37-35(19-39(41)53-4)43(49)47-25-29(17-31(47)23-45-37)27-8-12-33(51-2)13-9-27/h6-13,18-21,24-25,30-31,44-45H,5,14-17,22-23H2,1-4H3/t30-,31-/m0/s1. The molecule has 4 aliphatic heterocycles. The molecule has 2 N–H and O–H groups in total. The van der Waals surface area contributed by atoms with E-state index >= 15 is 0 Å². The summed E-state index contributed by atoms with van der Waals surface area (Å²) in [4.78, 5) is 31.2. The number of carbonyl (C=O) groups excluding carboxylic acids is 2. The molecule has 12 heteroatoms. The van der Waals surface area contributed by atoms with Gasteiger partial charge in [0.1, 0.15) is 11.5 Å². The van der Waals surface area contributed by atoms with E-state index in [-0.39, 0.29) is 23.9 Å². The zero-order chi connectivity index (χ0) is 38.1. The molecule has 0 spiro atoms. The first-order chi connectivity index (χ1) is 26.9. The number of hydrogen-bond donors (Lipinski definition) is 2. The van der Waals surface area contributed by atoms with Gasteiger partial charge in [0.2, 0.25) is 0 Å². The van der Waals surface area contributed by atoms with E-state index in [0.29, 0.717) is 78.2 Å². The summed E-state index contributed by atoms with van der Waals surface area (Å²) in [6, 6.07) is 22.9. The van der Waals surface area contributed by atoms with Crippen molar-refractivity contribution in [3.63, 3.8) is 0 Å². The summed E-state index contributed by atoms with van der Waals surface area (Å²) in [6.07, 6.45) is 5.95. The van der Waals surface area contributed by atoms with Gasteiger partial charge in [0.25, 0.3) is 11.8 Å². The molecule has 4 aromatic rings. The summed E-state index contributed by atoms with van der Waals surface area (Å²) in [5.74, 6) is 3.42. The molecule has 0 saturated carbocycles. The highest BCUT2D eigenvalue weighted by Crippen LogP contribution is 2.41. The monoisotopic (exact) mass is 744 g/mol. The van der Waals surface area contributed by atoms with Gasteiger partial charge in [-0.25, -0.2) is 0 Å². The Balaban J connectivity index is 0.897. The third kappa shape index (κ3) is 6.95. The number of anilines is 2. The molecule has 0 radical (unpaired) electrons. The smallest absolute Gasteiger partial charge is 0.260 e. The number of hydrogen-bond acceptors (Lipinski definition) is 10. The van der Waals surface area contributed by atoms with Crippen LogP contribution in [-0.2, 0) is 0 Å². The second kappa shape index (κ2) is 15.2. The Morgan fingerprint density at radius 1 is 0.564 bits per heavy atom. The van der Waals surface area contributed by atoms with Gasteiger partial charge in [-0.3, -0.25) is 9.59 Å². The molecule has 0 fully saturated rings. The fourth-order valence-corrected chi connectivity index (χ4v) is 7.61. The average Bonchev–Trinajstić information content (AvgIpc) is 3.80. The Morgan fingerprint density at radius 2 is 0.982 bits per heavy atom. The second-order valence-corrected chi connectivity index (χ2v) is 13.8. The molecule has 2 amide bonds. The van der Waals surface area contributed by atoms with Crippen molar-refractivity contribution in [2.24, 2.45) is 0 Å². The molecule has 0 unspecified atom stereocenters. The van der Waals surface area contributed by atoms with Crippen LogP contribution in [0.1, 0.15) is 51.1 Å². The maximum atomic E-state index is 13.8. The molecule has 12 nitrogen and oxygen atoms in total. The molecule has 0 bridgehead atoms. The minimum Gasteiger partial charge on any atom is -0.497 e. The number of rotatable bonds is 12. The van der Waals surface area contributed by atoms with Crippen molar-refractivity contribution in [1.82, 2.24) is 9.80 Å². The van der Waals surface area contributed by atoms with Gasteiger partial charge in [0, 0.05) is 44.0 Å². The predicted octanol–water partition coefficient (Wildman–Crippen LogP) is 6.93. The van der Waals surface area contributed by atoms with Gasteiger partial charge in [-0.2, -0.15) is 0 Å². The predicted molar refractivity (Wildman–Crippen MR) is 210 cm³/mol. The van der Waals surface area contributed by atoms with Crippen LogP contribution in [0.15, 0.2) is 85.2 Å². The molecule has 8 rings (SSSR count). The Morgan fingerprint density at radius 3 is 1.36 bits per heavy atom. The SMILES string of the molecule is COc1ccc(C2=CN3C(=O)c4cc(OC)c(OCCCOc5cc6c(cc5OC)C(=O)N5C=C(c7ccc(OC)cc7)C[C@H]5CN6)cc4NC[C@@H]3C2)cc1. The number of nitrogens with zero attached hydrogens (tertiary/aromatic N) is 2. The Hall–Kier alpha value is -6.30. The Kier molecular flexibility index (Phi) is 9.88. The van der Waals surface area contributed by atoms with Gasteiger partial charge >= 0.3 is 0 Å². The summed E-state index contributed by atoms with van der Waals surface area (Å²) < 4.78 is 34.3. The van der Waals surface area contributed by atoms with Crippen LogP contribution in [0, 0.1) is 0 Å². The molecule has 0 aromatic heterocycles. The van der Waals surface area contributed by atoms with Gasteiger partial charge in [-0.1, -0.05) is 24.3 Å². The molecule has 55 heavy (non-hydrogen) atoms. The van der Waals surface area contributed by atoms with Crippen LogP contribution in [0.5, 0.6) is 34.5 Å². The van der Waals surface area contributed by atoms with E-state index in [1.807, 2.05) is 82.9 Å². The van der Waals surface area contributed by atoms with Crippen LogP contribution < -0.4 is 39.1 Å². The number of benzene rings is 4. The first-order valence-corrected chi connectivity index (χ1v) is 18.4. The minimum atomic E-state index is -0.0900. The van der Waals surface area contributed by atoms with Crippen molar-refractivity contribution in [3.8, 4) is 34.5 Å². The van der Waals surface area contributed by atoms with Gasteiger partial charge in [-0.15, -0.1) is 0 Å². The molecular formula is C43H44N4O8. The van der Waals surface area contributed by atoms with E-state index in [1.54, 1.807) is 40.6 Å². The largest absolute Gasteiger partial charge is 0.497 e. The zero-order valence-electron chi connectivity index (χ0n) is 31.3. The maximum Gasteiger partial charge on any atom is 0.260 e. The van der Waals surface area contributed by atoms with Gasteiger partial charge in [0.15, 0.2) is 23.0 Å². The van der Waals surface area contributed by atoms with Crippen molar-refractivity contribution in [2.75, 3.05) is 65.4 Å². The van der Waals surface area contributed by atoms with Crippen molar-refractivity contribution in [3.05, 3.63) is 107 Å². The molecule has 0 aliphatic carbocycles. The number of nitrogens with one attached hydrogen (secondary N) is 2. The highest BCUT2D eigenvalue weighted by molar-refractivity contribution is 6.04. The minimum absolute atomic E-state index is 0.0188. The van der Waals surface area contributed by atoms with Gasteiger partial charge in [-0.05, 0) is 71.5 Å². The molecule has 4 heterocycles. The van der Waals surface area contributed by atoms with Crippen LogP contribution in [0.3, 0.4) is 0 Å². The molecule has 0 saturated heterocycles. The fraction of sp³-hybridized carbons (Fsp3) is 0.302. The third-order valence-corrected chi connectivity index (χ3v) is 10.6. The highest BCUT2D eigenvalue weighted by atomic mass is 16.5. The van der Waals surface area contributed by atoms with Crippen LogP contribution in [0.4, 0.5) is 11.4 Å². The third-order valence-electron chi connectivity index (χ3n) is 10.6. The molecule has 4 aliphatic rings. The Labute approximate surface area is 320 Å². The molecule has 284 valence electrons. The molecule has 4 aromatic carbocycles. The first-order valence-electron chi connectivity index (χ1n) is 18.4. The molecular weight excluding hydrogens is 700 g/mol. The summed E-state index contributed by atoms with van der Waals surface area (Å²) >= 11 is 0. The summed E-state index contributed by atoms with van der Waals surface area (Å²) in [6.45, 7) is 1.87. The van der Waals surface area contributed by atoms with E-state index in [0.717, 1.165) is 46.6 Å². The van der Waals surface area contributed by atoms with E-state index in [1.165, 1.54) is 0 Å². The summed E-state index contributed by atoms with van der Waals surface area (Å²) in [7, 11) is 6.42. The van der Waals surface area contributed by atoms with E-state index in [2.05, 4.69) is 10.6 Å². The van der Waals surface area contributed by atoms with Crippen molar-refractivity contribution < 1.29 is 38.0 Å². The molecule has 2 atom stereocenters. The Bertz CT molecular complexity index is 2010. The summed E-state index contributed by atoms with van der Waals surface area (Å²) in [5, 5.41) is 6.95. The van der Waals surface area contributed by atoms with Crippen molar-refractivity contribution >= 4 is 34.3 Å². The van der Waals surface area contributed by atoms with Crippen LogP contribution >= 0.6 is 0 Å². The maximum absolute atomic E-state index is 13.8. The van der Waals surface area contributed by atoms with Crippen molar-refractivity contribution in [2.45, 2.75) is 31.3 Å². The normalized spacial score (nSPS) is 18.3. The highest BCUT2D eigenvalue weighted by Gasteiger charge is 2.36. The lowest BCUT2D eigenvalue weighted by Crippen LogP contribution is -2.34. The van der Waals surface area contributed by atoms with E-state index < -0.39 is 0 Å². The van der Waals surface area contributed by atoms with E-state index in [4.69, 9.17) is 28.4 Å². The lowest BCUT2D eigenvalue weighted by Gasteiger charge is -2.20. The van der Waals surface area contributed by atoms with Crippen LogP contribution in [0.25, 0.3) is 11.1 Å². The topological polar surface area (TPSA) is 120 Å². The van der Waals surface area contributed by atoms with Gasteiger partial charge in [0.05, 0.1) is 76.2 Å². The average molecular weight is 745 g/mol. The number of methoxy groups -OCH3 is 4. The van der Waals surface area contributed by atoms with Crippen LogP contribution in [0.2, 0.25) is 0 Å². The first kappa shape index (κ1) is 35.7. The quantitative estimate of drug-likeness (QED) is 0.148. The number of amides is 2. The number of fused-ring (bicyclic) bond motifs is 4. The van der Waals surface area contributed by atoms with Crippen LogP contribution in [-0.4, -0.2) is 88.4 Å². The lowest BCUT2D eigenvalue weighted by atomic mass is 10.0. The summed E-state index contributed by atoms with van der Waals surface area (Å²) in [5.41, 5.74) is 6.80. The lowest BCUT2D eigenvalue weighted by molar-refractivity contribution is 0.0788. The number of carbonyl (C=O) groups is 2. The van der Waals surface area contributed by atoms with Crippen molar-refractivity contribution in [1.29, 1.82) is 0 Å².